The zero-order valence-corrected chi connectivity index (χ0v) is 22.5. The number of carbonyl (C=O) groups excluding carboxylic acids is 4. The maximum Gasteiger partial charge on any atom is 0.338 e. The van der Waals surface area contributed by atoms with Gasteiger partial charge in [0, 0.05) is 17.3 Å². The molecule has 0 radical (unpaired) electrons. The number of ether oxygens (including phenoxy) is 1. The van der Waals surface area contributed by atoms with Gasteiger partial charge in [-0.05, 0) is 73.4 Å². The number of aromatic hydroxyl groups is 2. The number of imide groups is 1. The fourth-order valence-corrected chi connectivity index (χ4v) is 6.41. The largest absolute Gasteiger partial charge is 0.504 e. The molecular weight excluding hydrogens is 526 g/mol. The molecular formula is C31H29N3O7. The Kier molecular flexibility index (Phi) is 6.30. The van der Waals surface area contributed by atoms with E-state index in [4.69, 9.17) is 4.74 Å². The lowest BCUT2D eigenvalue weighted by atomic mass is 9.76. The van der Waals surface area contributed by atoms with Crippen LogP contribution in [0, 0.1) is 11.8 Å². The average Bonchev–Trinajstić information content (AvgIpc) is 3.54. The van der Waals surface area contributed by atoms with E-state index >= 15 is 0 Å². The third kappa shape index (κ3) is 3.97. The van der Waals surface area contributed by atoms with Crippen molar-refractivity contribution in [1.82, 2.24) is 5.32 Å². The minimum absolute atomic E-state index is 0.210. The first-order chi connectivity index (χ1) is 19.7. The fourth-order valence-electron chi connectivity index (χ4n) is 6.41. The van der Waals surface area contributed by atoms with Gasteiger partial charge in [0.1, 0.15) is 5.54 Å². The lowest BCUT2D eigenvalue weighted by molar-refractivity contribution is -0.130. The number of aryl methyl sites for hydroxylation is 1. The van der Waals surface area contributed by atoms with Crippen molar-refractivity contribution in [2.75, 3.05) is 16.8 Å². The Bertz CT molecular complexity index is 1600. The molecule has 3 heterocycles. The van der Waals surface area contributed by atoms with Gasteiger partial charge in [-0.25, -0.2) is 9.69 Å². The van der Waals surface area contributed by atoms with Crippen molar-refractivity contribution in [2.24, 2.45) is 11.8 Å². The molecule has 10 nitrogen and oxygen atoms in total. The van der Waals surface area contributed by atoms with Crippen LogP contribution in [0.5, 0.6) is 11.5 Å². The summed E-state index contributed by atoms with van der Waals surface area (Å²) in [5.74, 6) is -4.42. The Morgan fingerprint density at radius 2 is 1.66 bits per heavy atom. The minimum atomic E-state index is -1.48. The predicted octanol–water partition coefficient (Wildman–Crippen LogP) is 3.00. The average molecular weight is 556 g/mol. The molecule has 10 heteroatoms. The maximum atomic E-state index is 14.2. The van der Waals surface area contributed by atoms with Crippen molar-refractivity contribution in [2.45, 2.75) is 38.3 Å². The molecule has 2 fully saturated rings. The van der Waals surface area contributed by atoms with Crippen molar-refractivity contribution < 1.29 is 34.1 Å². The van der Waals surface area contributed by atoms with Gasteiger partial charge < -0.3 is 20.3 Å². The van der Waals surface area contributed by atoms with Crippen LogP contribution in [-0.2, 0) is 37.5 Å². The highest BCUT2D eigenvalue weighted by Crippen LogP contribution is 2.54. The Hall–Kier alpha value is -4.70. The van der Waals surface area contributed by atoms with E-state index in [9.17, 15) is 29.4 Å². The smallest absolute Gasteiger partial charge is 0.338 e. The maximum absolute atomic E-state index is 14.2. The molecule has 41 heavy (non-hydrogen) atoms. The topological polar surface area (TPSA) is 145 Å². The van der Waals surface area contributed by atoms with Crippen LogP contribution in [0.2, 0.25) is 0 Å². The molecule has 3 aliphatic heterocycles. The molecule has 0 aromatic heterocycles. The molecule has 0 saturated carbocycles. The Balaban J connectivity index is 1.44. The molecule has 3 aromatic carbocycles. The van der Waals surface area contributed by atoms with Crippen LogP contribution in [0.15, 0.2) is 60.7 Å². The van der Waals surface area contributed by atoms with E-state index in [0.29, 0.717) is 28.9 Å². The number of hydrogen-bond donors (Lipinski definition) is 4. The number of esters is 1. The molecule has 2 saturated heterocycles. The van der Waals surface area contributed by atoms with Crippen molar-refractivity contribution in [3.05, 3.63) is 82.9 Å². The van der Waals surface area contributed by atoms with Gasteiger partial charge in [-0.3, -0.25) is 19.7 Å². The Morgan fingerprint density at radius 1 is 0.927 bits per heavy atom. The summed E-state index contributed by atoms with van der Waals surface area (Å²) in [4.78, 5) is 55.3. The molecule has 210 valence electrons. The summed E-state index contributed by atoms with van der Waals surface area (Å²) in [5.41, 5.74) is 1.89. The summed E-state index contributed by atoms with van der Waals surface area (Å²) < 4.78 is 5.04. The number of hydrogen-bond acceptors (Lipinski definition) is 8. The third-order valence-corrected chi connectivity index (χ3v) is 8.32. The van der Waals surface area contributed by atoms with Crippen LogP contribution in [0.4, 0.5) is 11.4 Å². The van der Waals surface area contributed by atoms with Gasteiger partial charge in [0.05, 0.1) is 29.7 Å². The van der Waals surface area contributed by atoms with E-state index in [-0.39, 0.29) is 30.1 Å². The fraction of sp³-hybridized carbons (Fsp3) is 0.290. The number of phenols is 2. The van der Waals surface area contributed by atoms with Gasteiger partial charge in [0.25, 0.3) is 0 Å². The Morgan fingerprint density at radius 3 is 2.34 bits per heavy atom. The first kappa shape index (κ1) is 26.5. The van der Waals surface area contributed by atoms with Crippen molar-refractivity contribution in [1.29, 1.82) is 0 Å². The standard InChI is InChI=1S/C31H29N3O7/c1-3-16-5-11-21-20(13-16)31(30(40)32-21)26-25(22(33-31)14-17-6-12-23(35)24(36)15-17)27(37)34(28(26)38)19-9-7-18(8-10-19)29(39)41-4-2/h5-13,15,22,25-26,33,35-36H,3-4,14H2,1-2H3,(H,32,40)/t22-,25+,26+,31-/m0/s1. The first-order valence-electron chi connectivity index (χ1n) is 13.6. The zero-order valence-electron chi connectivity index (χ0n) is 22.5. The molecule has 3 aliphatic rings. The van der Waals surface area contributed by atoms with E-state index in [1.807, 2.05) is 25.1 Å². The van der Waals surface area contributed by atoms with E-state index in [2.05, 4.69) is 10.6 Å². The summed E-state index contributed by atoms with van der Waals surface area (Å²) in [6.07, 6.45) is 0.926. The SMILES string of the molecule is CCOC(=O)c1ccc(N2C(=O)[C@@H]3[C@H](Cc4ccc(O)c(O)c4)N[C@]4(C(=O)Nc5ccc(CC)cc54)[C@H]3C2=O)cc1. The van der Waals surface area contributed by atoms with Crippen LogP contribution in [0.1, 0.15) is 40.9 Å². The highest BCUT2D eigenvalue weighted by Gasteiger charge is 2.70. The lowest BCUT2D eigenvalue weighted by Crippen LogP contribution is -2.53. The van der Waals surface area contributed by atoms with E-state index in [1.165, 1.54) is 36.4 Å². The molecule has 0 bridgehead atoms. The number of rotatable bonds is 6. The van der Waals surface area contributed by atoms with Gasteiger partial charge in [0.2, 0.25) is 17.7 Å². The number of carbonyl (C=O) groups is 4. The van der Waals surface area contributed by atoms with Gasteiger partial charge >= 0.3 is 5.97 Å². The molecule has 3 aromatic rings. The normalized spacial score (nSPS) is 24.5. The first-order valence-corrected chi connectivity index (χ1v) is 13.6. The molecule has 4 atom stereocenters. The van der Waals surface area contributed by atoms with E-state index in [0.717, 1.165) is 10.5 Å². The third-order valence-electron chi connectivity index (χ3n) is 8.32. The number of anilines is 2. The van der Waals surface area contributed by atoms with Crippen molar-refractivity contribution >= 4 is 35.1 Å². The monoisotopic (exact) mass is 555 g/mol. The van der Waals surface area contributed by atoms with Crippen LogP contribution >= 0.6 is 0 Å². The summed E-state index contributed by atoms with van der Waals surface area (Å²) in [6.45, 7) is 3.91. The summed E-state index contributed by atoms with van der Waals surface area (Å²) in [7, 11) is 0. The predicted molar refractivity (Wildman–Crippen MR) is 148 cm³/mol. The second kappa shape index (κ2) is 9.74. The summed E-state index contributed by atoms with van der Waals surface area (Å²) >= 11 is 0. The van der Waals surface area contributed by atoms with Crippen LogP contribution in [0.25, 0.3) is 0 Å². The van der Waals surface area contributed by atoms with Crippen LogP contribution < -0.4 is 15.5 Å². The second-order valence-corrected chi connectivity index (χ2v) is 10.6. The Labute approximate surface area is 235 Å². The molecule has 0 aliphatic carbocycles. The molecule has 4 N–H and O–H groups in total. The second-order valence-electron chi connectivity index (χ2n) is 10.6. The highest BCUT2D eigenvalue weighted by molar-refractivity contribution is 6.25. The van der Waals surface area contributed by atoms with Crippen LogP contribution in [0.3, 0.4) is 0 Å². The molecule has 1 spiro atoms. The van der Waals surface area contributed by atoms with Crippen molar-refractivity contribution in [3.63, 3.8) is 0 Å². The van der Waals surface area contributed by atoms with Gasteiger partial charge in [0.15, 0.2) is 11.5 Å². The molecule has 0 unspecified atom stereocenters. The number of benzene rings is 3. The summed E-state index contributed by atoms with van der Waals surface area (Å²) in [6, 6.07) is 15.4. The minimum Gasteiger partial charge on any atom is -0.504 e. The van der Waals surface area contributed by atoms with Gasteiger partial charge in [-0.1, -0.05) is 25.1 Å². The number of phenolic OH excluding ortho intramolecular Hbond substituents is 2. The van der Waals surface area contributed by atoms with E-state index in [1.54, 1.807) is 13.0 Å². The highest BCUT2D eigenvalue weighted by atomic mass is 16.5. The molecule has 3 amide bonds. The zero-order chi connectivity index (χ0) is 29.1. The summed E-state index contributed by atoms with van der Waals surface area (Å²) in [5, 5.41) is 26.2. The quantitative estimate of drug-likeness (QED) is 0.206. The number of nitrogens with zero attached hydrogens (tertiary/aromatic N) is 1. The van der Waals surface area contributed by atoms with Gasteiger partial charge in [-0.15, -0.1) is 0 Å². The van der Waals surface area contributed by atoms with Crippen LogP contribution in [-0.4, -0.2) is 46.6 Å². The number of fused-ring (bicyclic) bond motifs is 4. The molecule has 6 rings (SSSR count). The lowest BCUT2D eigenvalue weighted by Gasteiger charge is -2.30. The van der Waals surface area contributed by atoms with E-state index < -0.39 is 47.1 Å². The number of amides is 3. The van der Waals surface area contributed by atoms with Crippen molar-refractivity contribution in [3.8, 4) is 11.5 Å². The van der Waals surface area contributed by atoms with Gasteiger partial charge in [-0.2, -0.15) is 0 Å². The number of nitrogens with one attached hydrogen (secondary N) is 2.